The average Bonchev–Trinajstić information content (AvgIpc) is 3.05. The number of nitrogens with zero attached hydrogens (tertiary/aromatic N) is 3. The van der Waals surface area contributed by atoms with Gasteiger partial charge in [0, 0.05) is 33.0 Å². The summed E-state index contributed by atoms with van der Waals surface area (Å²) in [5, 5.41) is 4.12. The summed E-state index contributed by atoms with van der Waals surface area (Å²) in [6.07, 6.45) is 8.04. The second-order valence-electron chi connectivity index (χ2n) is 6.42. The number of amides is 1. The minimum Gasteiger partial charge on any atom is -0.379 e. The van der Waals surface area contributed by atoms with Crippen molar-refractivity contribution in [3.8, 4) is 0 Å². The van der Waals surface area contributed by atoms with Crippen LogP contribution < -0.4 is 0 Å². The van der Waals surface area contributed by atoms with Crippen LogP contribution >= 0.6 is 0 Å². The fourth-order valence-electron chi connectivity index (χ4n) is 3.47. The van der Waals surface area contributed by atoms with E-state index in [9.17, 15) is 4.79 Å². The van der Waals surface area contributed by atoms with E-state index in [1.807, 2.05) is 42.3 Å². The summed E-state index contributed by atoms with van der Waals surface area (Å²) in [5.74, 6) is 0.0314. The second kappa shape index (κ2) is 8.12. The molecule has 0 saturated carbocycles. The Bertz CT molecular complexity index is 724. The Morgan fingerprint density at radius 3 is 2.80 bits per heavy atom. The highest BCUT2D eigenvalue weighted by atomic mass is 16.5. The summed E-state index contributed by atoms with van der Waals surface area (Å²) >= 11 is 0. The number of aryl methyl sites for hydroxylation is 1. The molecular weight excluding hydrogens is 314 g/mol. The first kappa shape index (κ1) is 17.4. The van der Waals surface area contributed by atoms with E-state index in [1.165, 1.54) is 5.56 Å². The van der Waals surface area contributed by atoms with Gasteiger partial charge in [-0.3, -0.25) is 9.48 Å². The molecule has 0 unspecified atom stereocenters. The molecule has 5 nitrogen and oxygen atoms in total. The molecule has 2 atom stereocenters. The number of likely N-dealkylation sites (tertiary alicyclic amines) is 1. The van der Waals surface area contributed by atoms with Crippen LogP contribution in [-0.4, -0.2) is 46.4 Å². The van der Waals surface area contributed by atoms with Gasteiger partial charge in [-0.25, -0.2) is 0 Å². The molecular formula is C20H25N3O2. The van der Waals surface area contributed by atoms with Crippen LogP contribution in [0, 0.1) is 0 Å². The van der Waals surface area contributed by atoms with Crippen LogP contribution in [-0.2, 0) is 23.0 Å². The Morgan fingerprint density at radius 1 is 1.32 bits per heavy atom. The molecule has 1 fully saturated rings. The van der Waals surface area contributed by atoms with Crippen molar-refractivity contribution in [1.82, 2.24) is 14.7 Å². The smallest absolute Gasteiger partial charge is 0.246 e. The lowest BCUT2D eigenvalue weighted by atomic mass is 9.92. The summed E-state index contributed by atoms with van der Waals surface area (Å²) in [7, 11) is 3.60. The molecule has 5 heteroatoms. The molecule has 1 aromatic heterocycles. The van der Waals surface area contributed by atoms with E-state index in [0.29, 0.717) is 0 Å². The third-order valence-electron chi connectivity index (χ3n) is 4.85. The van der Waals surface area contributed by atoms with Crippen LogP contribution in [0.25, 0.3) is 6.08 Å². The van der Waals surface area contributed by atoms with Crippen molar-refractivity contribution in [1.29, 1.82) is 0 Å². The number of hydrogen-bond donors (Lipinski definition) is 0. The maximum atomic E-state index is 12.8. The zero-order valence-electron chi connectivity index (χ0n) is 14.8. The number of carbonyl (C=O) groups excluding carboxylic acids is 1. The SMILES string of the molecule is CO[C@H]1CCCN(C(=O)/C=C/c2ccnn2C)[C@H]1Cc1ccccc1. The standard InChI is InChI=1S/C20H25N3O2/c1-22-17(12-13-21-22)10-11-20(24)23-14-6-9-19(25-2)18(23)15-16-7-4-3-5-8-16/h3-5,7-8,10-13,18-19H,6,9,14-15H2,1-2H3/b11-10+/t18-,19-/m0/s1. The molecule has 1 amide bonds. The van der Waals surface area contributed by atoms with E-state index < -0.39 is 0 Å². The Hall–Kier alpha value is -2.40. The first-order valence-corrected chi connectivity index (χ1v) is 8.72. The molecule has 2 heterocycles. The predicted octanol–water partition coefficient (Wildman–Crippen LogP) is 2.68. The number of benzene rings is 1. The van der Waals surface area contributed by atoms with Crippen molar-refractivity contribution in [2.75, 3.05) is 13.7 Å². The predicted molar refractivity (Wildman–Crippen MR) is 97.9 cm³/mol. The highest BCUT2D eigenvalue weighted by Gasteiger charge is 2.33. The molecule has 2 aromatic rings. The van der Waals surface area contributed by atoms with Crippen LogP contribution in [0.5, 0.6) is 0 Å². The third kappa shape index (κ3) is 4.17. The summed E-state index contributed by atoms with van der Waals surface area (Å²) < 4.78 is 7.44. The Balaban J connectivity index is 1.77. The minimum atomic E-state index is 0.0314. The lowest BCUT2D eigenvalue weighted by molar-refractivity contribution is -0.134. The van der Waals surface area contributed by atoms with Crippen LogP contribution in [0.4, 0.5) is 0 Å². The van der Waals surface area contributed by atoms with Gasteiger partial charge >= 0.3 is 0 Å². The number of methoxy groups -OCH3 is 1. The number of hydrogen-bond acceptors (Lipinski definition) is 3. The van der Waals surface area contributed by atoms with E-state index in [4.69, 9.17) is 4.74 Å². The van der Waals surface area contributed by atoms with Gasteiger partial charge < -0.3 is 9.64 Å². The molecule has 0 bridgehead atoms. The molecule has 132 valence electrons. The molecule has 1 aliphatic heterocycles. The Kier molecular flexibility index (Phi) is 5.66. The van der Waals surface area contributed by atoms with Gasteiger partial charge in [-0.2, -0.15) is 5.10 Å². The molecule has 0 radical (unpaired) electrons. The van der Waals surface area contributed by atoms with Crippen molar-refractivity contribution in [3.05, 3.63) is 59.9 Å². The van der Waals surface area contributed by atoms with Gasteiger partial charge in [0.05, 0.1) is 17.8 Å². The molecule has 25 heavy (non-hydrogen) atoms. The zero-order valence-corrected chi connectivity index (χ0v) is 14.8. The maximum absolute atomic E-state index is 12.8. The van der Waals surface area contributed by atoms with Crippen molar-refractivity contribution >= 4 is 12.0 Å². The summed E-state index contributed by atoms with van der Waals surface area (Å²) in [6, 6.07) is 12.2. The fourth-order valence-corrected chi connectivity index (χ4v) is 3.47. The monoisotopic (exact) mass is 339 g/mol. The largest absolute Gasteiger partial charge is 0.379 e. The van der Waals surface area contributed by atoms with Crippen molar-refractivity contribution in [3.63, 3.8) is 0 Å². The van der Waals surface area contributed by atoms with Crippen LogP contribution in [0.3, 0.4) is 0 Å². The molecule has 1 aliphatic rings. The molecule has 1 saturated heterocycles. The average molecular weight is 339 g/mol. The quantitative estimate of drug-likeness (QED) is 0.787. The third-order valence-corrected chi connectivity index (χ3v) is 4.85. The van der Waals surface area contributed by atoms with Crippen LogP contribution in [0.1, 0.15) is 24.1 Å². The summed E-state index contributed by atoms with van der Waals surface area (Å²) in [5.41, 5.74) is 2.14. The van der Waals surface area contributed by atoms with Crippen molar-refractivity contribution < 1.29 is 9.53 Å². The van der Waals surface area contributed by atoms with Gasteiger partial charge in [0.25, 0.3) is 0 Å². The van der Waals surface area contributed by atoms with E-state index in [2.05, 4.69) is 17.2 Å². The van der Waals surface area contributed by atoms with Gasteiger partial charge in [-0.05, 0) is 37.0 Å². The summed E-state index contributed by atoms with van der Waals surface area (Å²) in [6.45, 7) is 0.770. The second-order valence-corrected chi connectivity index (χ2v) is 6.42. The maximum Gasteiger partial charge on any atom is 0.246 e. The van der Waals surface area contributed by atoms with Crippen molar-refractivity contribution in [2.24, 2.45) is 7.05 Å². The van der Waals surface area contributed by atoms with Gasteiger partial charge in [-0.15, -0.1) is 0 Å². The van der Waals surface area contributed by atoms with E-state index in [0.717, 1.165) is 31.5 Å². The first-order valence-electron chi connectivity index (χ1n) is 8.72. The van der Waals surface area contributed by atoms with Gasteiger partial charge in [0.15, 0.2) is 0 Å². The summed E-state index contributed by atoms with van der Waals surface area (Å²) in [4.78, 5) is 14.8. The topological polar surface area (TPSA) is 47.4 Å². The van der Waals surface area contributed by atoms with Crippen LogP contribution in [0.15, 0.2) is 48.7 Å². The minimum absolute atomic E-state index is 0.0314. The molecule has 0 spiro atoms. The molecule has 0 N–H and O–H groups in total. The first-order chi connectivity index (χ1) is 12.2. The zero-order chi connectivity index (χ0) is 17.6. The molecule has 3 rings (SSSR count). The van der Waals surface area contributed by atoms with Crippen LogP contribution in [0.2, 0.25) is 0 Å². The number of carbonyl (C=O) groups is 1. The van der Waals surface area contributed by atoms with Crippen molar-refractivity contribution in [2.45, 2.75) is 31.4 Å². The van der Waals surface area contributed by atoms with Gasteiger partial charge in [-0.1, -0.05) is 30.3 Å². The van der Waals surface area contributed by atoms with E-state index in [-0.39, 0.29) is 18.1 Å². The normalized spacial score (nSPS) is 21.0. The number of ether oxygens (including phenoxy) is 1. The van der Waals surface area contributed by atoms with Gasteiger partial charge in [0.1, 0.15) is 0 Å². The lowest BCUT2D eigenvalue weighted by Crippen LogP contribution is -2.52. The van der Waals surface area contributed by atoms with E-state index in [1.54, 1.807) is 24.1 Å². The lowest BCUT2D eigenvalue weighted by Gasteiger charge is -2.40. The van der Waals surface area contributed by atoms with Gasteiger partial charge in [0.2, 0.25) is 5.91 Å². The number of piperidine rings is 1. The molecule has 1 aromatic carbocycles. The number of aromatic nitrogens is 2. The Labute approximate surface area is 148 Å². The fraction of sp³-hybridized carbons (Fsp3) is 0.400. The Morgan fingerprint density at radius 2 is 2.12 bits per heavy atom. The highest BCUT2D eigenvalue weighted by Crippen LogP contribution is 2.24. The molecule has 0 aliphatic carbocycles. The number of rotatable bonds is 5. The highest BCUT2D eigenvalue weighted by molar-refractivity contribution is 5.91. The van der Waals surface area contributed by atoms with E-state index >= 15 is 0 Å².